The summed E-state index contributed by atoms with van der Waals surface area (Å²) >= 11 is 0. The number of amides is 1. The number of nitrogens with zero attached hydrogens (tertiary/aromatic N) is 3. The predicted molar refractivity (Wildman–Crippen MR) is 110 cm³/mol. The van der Waals surface area contributed by atoms with Crippen LogP contribution in [0.1, 0.15) is 64.8 Å². The number of ether oxygens (including phenoxy) is 1. The van der Waals surface area contributed by atoms with Crippen LogP contribution in [0.25, 0.3) is 6.08 Å². The van der Waals surface area contributed by atoms with Gasteiger partial charge in [-0.05, 0) is 26.3 Å². The van der Waals surface area contributed by atoms with Crippen LogP contribution in [0.4, 0.5) is 10.8 Å². The van der Waals surface area contributed by atoms with Crippen molar-refractivity contribution in [3.63, 3.8) is 0 Å². The average Bonchev–Trinajstić information content (AvgIpc) is 3.13. The zero-order valence-corrected chi connectivity index (χ0v) is 17.4. The molecule has 0 unspecified atom stereocenters. The van der Waals surface area contributed by atoms with E-state index in [1.807, 2.05) is 52.8 Å². The van der Waals surface area contributed by atoms with Gasteiger partial charge in [-0.3, -0.25) is 0 Å². The topological polar surface area (TPSA) is 65.2 Å². The van der Waals surface area contributed by atoms with Crippen molar-refractivity contribution in [2.24, 2.45) is 0 Å². The summed E-state index contributed by atoms with van der Waals surface area (Å²) in [7, 11) is 0. The van der Waals surface area contributed by atoms with E-state index in [4.69, 9.17) is 9.15 Å². The van der Waals surface area contributed by atoms with Crippen molar-refractivity contribution in [3.8, 4) is 0 Å². The smallest absolute Gasteiger partial charge is 0.414 e. The maximum absolute atomic E-state index is 13.2. The van der Waals surface area contributed by atoms with Gasteiger partial charge in [0.05, 0.1) is 0 Å². The third-order valence-electron chi connectivity index (χ3n) is 4.83. The molecule has 1 aliphatic heterocycles. The first-order chi connectivity index (χ1) is 13.2. The standard InChI is InChI=1S/C22H30N3O3/c1-16(2)19-23-24-20(27-19)25(21(26)28-22(3,4)5)13-11-18(12-14-25)15-17-9-7-6-8-10-17/h6-10,15-16H,11-14H2,1-5H3/q+1. The maximum Gasteiger partial charge on any atom is 0.525 e. The van der Waals surface area contributed by atoms with Crippen LogP contribution in [0.3, 0.4) is 0 Å². The Morgan fingerprint density at radius 3 is 2.32 bits per heavy atom. The van der Waals surface area contributed by atoms with Crippen LogP contribution in [-0.2, 0) is 4.74 Å². The lowest BCUT2D eigenvalue weighted by molar-refractivity contribution is 0.0203. The zero-order valence-electron chi connectivity index (χ0n) is 17.4. The molecule has 0 aliphatic carbocycles. The summed E-state index contributed by atoms with van der Waals surface area (Å²) in [5.74, 6) is 0.653. The molecule has 2 aromatic rings. The summed E-state index contributed by atoms with van der Waals surface area (Å²) < 4.78 is 11.6. The van der Waals surface area contributed by atoms with Crippen molar-refractivity contribution in [2.45, 2.75) is 59.0 Å². The third-order valence-corrected chi connectivity index (χ3v) is 4.83. The summed E-state index contributed by atoms with van der Waals surface area (Å²) in [6.45, 7) is 10.7. The largest absolute Gasteiger partial charge is 0.525 e. The molecule has 6 nitrogen and oxygen atoms in total. The summed E-state index contributed by atoms with van der Waals surface area (Å²) in [5, 5.41) is 8.38. The highest BCUT2D eigenvalue weighted by Crippen LogP contribution is 2.33. The monoisotopic (exact) mass is 384 g/mol. The van der Waals surface area contributed by atoms with Gasteiger partial charge in [0.15, 0.2) is 0 Å². The predicted octanol–water partition coefficient (Wildman–Crippen LogP) is 5.31. The quantitative estimate of drug-likeness (QED) is 0.671. The second-order valence-corrected chi connectivity index (χ2v) is 8.69. The van der Waals surface area contributed by atoms with Crippen LogP contribution in [0.5, 0.6) is 0 Å². The zero-order chi connectivity index (χ0) is 20.4. The Morgan fingerprint density at radius 1 is 1.14 bits per heavy atom. The molecule has 0 spiro atoms. The molecule has 0 N–H and O–H groups in total. The number of hydrogen-bond acceptors (Lipinski definition) is 5. The molecule has 1 aromatic heterocycles. The van der Waals surface area contributed by atoms with E-state index >= 15 is 0 Å². The number of benzene rings is 1. The molecule has 3 rings (SSSR count). The van der Waals surface area contributed by atoms with Crippen LogP contribution < -0.4 is 4.48 Å². The Labute approximate surface area is 166 Å². The summed E-state index contributed by atoms with van der Waals surface area (Å²) in [6.07, 6.45) is 3.42. The minimum Gasteiger partial charge on any atom is -0.414 e. The molecule has 1 fully saturated rings. The van der Waals surface area contributed by atoms with Crippen LogP contribution in [0, 0.1) is 0 Å². The highest BCUT2D eigenvalue weighted by Gasteiger charge is 2.49. The van der Waals surface area contributed by atoms with Crippen LogP contribution in [0.15, 0.2) is 40.3 Å². The molecular weight excluding hydrogens is 354 g/mol. The Morgan fingerprint density at radius 2 is 1.79 bits per heavy atom. The number of carbonyl (C=O) groups excluding carboxylic acids is 1. The number of aromatic nitrogens is 2. The number of carbonyl (C=O) groups is 1. The molecule has 1 amide bonds. The van der Waals surface area contributed by atoms with Crippen LogP contribution in [0.2, 0.25) is 0 Å². The van der Waals surface area contributed by atoms with Gasteiger partial charge >= 0.3 is 12.1 Å². The molecule has 28 heavy (non-hydrogen) atoms. The van der Waals surface area contributed by atoms with E-state index in [-0.39, 0.29) is 16.5 Å². The first-order valence-corrected chi connectivity index (χ1v) is 9.89. The summed E-state index contributed by atoms with van der Waals surface area (Å²) in [4.78, 5) is 13.2. The van der Waals surface area contributed by atoms with Gasteiger partial charge in [-0.25, -0.2) is 0 Å². The van der Waals surface area contributed by atoms with E-state index in [2.05, 4.69) is 28.4 Å². The highest BCUT2D eigenvalue weighted by molar-refractivity contribution is 5.80. The number of hydrogen-bond donors (Lipinski definition) is 0. The third kappa shape index (κ3) is 4.50. The second-order valence-electron chi connectivity index (χ2n) is 8.69. The van der Waals surface area contributed by atoms with Gasteiger partial charge in [-0.15, -0.1) is 9.58 Å². The fourth-order valence-electron chi connectivity index (χ4n) is 3.27. The van der Waals surface area contributed by atoms with Gasteiger partial charge in [0, 0.05) is 18.8 Å². The number of quaternary nitrogens is 1. The van der Waals surface area contributed by atoms with Gasteiger partial charge in [-0.2, -0.15) is 4.79 Å². The Balaban J connectivity index is 1.88. The lowest BCUT2D eigenvalue weighted by Gasteiger charge is -2.35. The van der Waals surface area contributed by atoms with E-state index < -0.39 is 5.60 Å². The molecule has 150 valence electrons. The van der Waals surface area contributed by atoms with Crippen molar-refractivity contribution in [1.29, 1.82) is 0 Å². The first-order valence-electron chi connectivity index (χ1n) is 9.89. The van der Waals surface area contributed by atoms with Crippen molar-refractivity contribution in [1.82, 2.24) is 14.7 Å². The Hall–Kier alpha value is -2.47. The summed E-state index contributed by atoms with van der Waals surface area (Å²) in [5.41, 5.74) is 1.91. The molecule has 1 aliphatic rings. The van der Waals surface area contributed by atoms with E-state index in [0.29, 0.717) is 25.0 Å². The highest BCUT2D eigenvalue weighted by atomic mass is 16.6. The molecular formula is C22H30N3O3+. The average molecular weight is 385 g/mol. The fourth-order valence-corrected chi connectivity index (χ4v) is 3.27. The fraction of sp³-hybridized carbons (Fsp3) is 0.500. The molecule has 1 saturated heterocycles. The van der Waals surface area contributed by atoms with Gasteiger partial charge in [0.25, 0.3) is 0 Å². The normalized spacial score (nSPS) is 20.3. The molecule has 0 atom stereocenters. The van der Waals surface area contributed by atoms with Gasteiger partial charge < -0.3 is 9.15 Å². The Bertz CT molecular complexity index is 837. The van der Waals surface area contributed by atoms with Gasteiger partial charge in [-0.1, -0.05) is 60.9 Å². The number of piperidine rings is 1. The SMILES string of the molecule is CC(C)c1nnc([N+]2(C(=O)OC(C)(C)C)CCC(=Cc3ccccc3)CC2)o1. The van der Waals surface area contributed by atoms with E-state index in [1.54, 1.807) is 0 Å². The van der Waals surface area contributed by atoms with Crippen molar-refractivity contribution >= 4 is 18.2 Å². The second kappa shape index (κ2) is 7.87. The molecule has 0 bridgehead atoms. The molecule has 0 radical (unpaired) electrons. The number of likely N-dealkylation sites (tertiary alicyclic amines) is 1. The lowest BCUT2D eigenvalue weighted by Crippen LogP contribution is -2.59. The van der Waals surface area contributed by atoms with Crippen molar-refractivity contribution in [3.05, 3.63) is 47.4 Å². The Kier molecular flexibility index (Phi) is 5.70. The lowest BCUT2D eigenvalue weighted by atomic mass is 9.99. The minimum atomic E-state index is -0.580. The molecule has 6 heteroatoms. The molecule has 2 heterocycles. The molecule has 0 saturated carbocycles. The van der Waals surface area contributed by atoms with E-state index in [9.17, 15) is 4.79 Å². The van der Waals surface area contributed by atoms with E-state index in [0.717, 1.165) is 12.8 Å². The summed E-state index contributed by atoms with van der Waals surface area (Å²) in [6, 6.07) is 10.6. The first kappa shape index (κ1) is 20.3. The molecule has 1 aromatic carbocycles. The van der Waals surface area contributed by atoms with Crippen LogP contribution >= 0.6 is 0 Å². The maximum atomic E-state index is 13.2. The van der Waals surface area contributed by atoms with Gasteiger partial charge in [0.2, 0.25) is 5.89 Å². The number of rotatable bonds is 3. The van der Waals surface area contributed by atoms with E-state index in [1.165, 1.54) is 11.1 Å². The van der Waals surface area contributed by atoms with Crippen molar-refractivity contribution < 1.29 is 13.9 Å². The minimum absolute atomic E-state index is 0.0525. The van der Waals surface area contributed by atoms with Gasteiger partial charge in [0.1, 0.15) is 18.7 Å². The van der Waals surface area contributed by atoms with Crippen LogP contribution in [-0.4, -0.2) is 35.0 Å². The van der Waals surface area contributed by atoms with Crippen molar-refractivity contribution in [2.75, 3.05) is 13.1 Å².